The lowest BCUT2D eigenvalue weighted by Crippen LogP contribution is -2.05. The third-order valence-electron chi connectivity index (χ3n) is 1.35. The van der Waals surface area contributed by atoms with Crippen LogP contribution in [0.3, 0.4) is 0 Å². The highest BCUT2D eigenvalue weighted by Gasteiger charge is 2.30. The number of halogens is 3. The number of pyridine rings is 1. The molecule has 1 aromatic rings. The van der Waals surface area contributed by atoms with Crippen LogP contribution in [0, 0.1) is 6.92 Å². The Balaban J connectivity index is 3.02. The molecular formula is C8H6F3N. The van der Waals surface area contributed by atoms with E-state index in [0.717, 1.165) is 18.3 Å². The molecule has 2 radical (unpaired) electrons. The first kappa shape index (κ1) is 9.03. The van der Waals surface area contributed by atoms with Gasteiger partial charge in [-0.2, -0.15) is 13.2 Å². The molecule has 1 aromatic heterocycles. The Hall–Kier alpha value is -1.06. The summed E-state index contributed by atoms with van der Waals surface area (Å²) in [5.74, 6) is 0. The maximum atomic E-state index is 12.0. The molecule has 0 aliphatic carbocycles. The van der Waals surface area contributed by atoms with Gasteiger partial charge in [0.1, 0.15) is 0 Å². The number of nitrogens with zero attached hydrogens (tertiary/aromatic N) is 1. The van der Waals surface area contributed by atoms with Crippen LogP contribution in [0.4, 0.5) is 13.2 Å². The molecule has 0 fully saturated rings. The maximum absolute atomic E-state index is 12.0. The van der Waals surface area contributed by atoms with Crippen LogP contribution in [-0.4, -0.2) is 4.98 Å². The molecule has 64 valence electrons. The van der Waals surface area contributed by atoms with Crippen LogP contribution in [0.5, 0.6) is 0 Å². The molecule has 0 unspecified atom stereocenters. The van der Waals surface area contributed by atoms with Gasteiger partial charge in [-0.25, -0.2) is 0 Å². The zero-order valence-corrected chi connectivity index (χ0v) is 6.10. The fourth-order valence-electron chi connectivity index (χ4n) is 0.766. The Morgan fingerprint density at radius 2 is 2.08 bits per heavy atom. The highest BCUT2D eigenvalue weighted by atomic mass is 19.4. The van der Waals surface area contributed by atoms with Gasteiger partial charge in [-0.15, -0.1) is 0 Å². The van der Waals surface area contributed by atoms with Gasteiger partial charge >= 0.3 is 6.18 Å². The summed E-state index contributed by atoms with van der Waals surface area (Å²) in [5.41, 5.74) is -0.470. The van der Waals surface area contributed by atoms with Crippen molar-refractivity contribution >= 4 is 0 Å². The van der Waals surface area contributed by atoms with E-state index in [1.807, 2.05) is 0 Å². The van der Waals surface area contributed by atoms with Crippen LogP contribution in [0.25, 0.3) is 0 Å². The molecule has 0 saturated heterocycles. The fraction of sp³-hybridized carbons (Fsp3) is 0.250. The van der Waals surface area contributed by atoms with E-state index >= 15 is 0 Å². The maximum Gasteiger partial charge on any atom is 0.416 e. The molecular weight excluding hydrogens is 167 g/mol. The number of aromatic nitrogens is 1. The van der Waals surface area contributed by atoms with Crippen molar-refractivity contribution in [1.82, 2.24) is 4.98 Å². The molecule has 0 N–H and O–H groups in total. The van der Waals surface area contributed by atoms with Crippen molar-refractivity contribution in [3.05, 3.63) is 36.5 Å². The lowest BCUT2D eigenvalue weighted by molar-refractivity contribution is -0.137. The van der Waals surface area contributed by atoms with Crippen LogP contribution < -0.4 is 0 Å². The lowest BCUT2D eigenvalue weighted by Gasteiger charge is -2.06. The number of hydrogen-bond donors (Lipinski definition) is 0. The van der Waals surface area contributed by atoms with Gasteiger partial charge in [-0.3, -0.25) is 4.98 Å². The summed E-state index contributed by atoms with van der Waals surface area (Å²) in [6.07, 6.45) is -3.19. The van der Waals surface area contributed by atoms with E-state index < -0.39 is 11.7 Å². The predicted molar refractivity (Wildman–Crippen MR) is 37.2 cm³/mol. The van der Waals surface area contributed by atoms with Crippen LogP contribution in [0.2, 0.25) is 0 Å². The first-order chi connectivity index (χ1) is 5.54. The van der Waals surface area contributed by atoms with Crippen molar-refractivity contribution < 1.29 is 13.2 Å². The Bertz CT molecular complexity index is 267. The topological polar surface area (TPSA) is 12.9 Å². The number of alkyl halides is 3. The largest absolute Gasteiger partial charge is 0.416 e. The van der Waals surface area contributed by atoms with Gasteiger partial charge in [0, 0.05) is 11.9 Å². The monoisotopic (exact) mass is 173 g/mol. The van der Waals surface area contributed by atoms with Gasteiger partial charge in [0.2, 0.25) is 0 Å². The minimum absolute atomic E-state index is 0.0178. The average Bonchev–Trinajstić information content (AvgIpc) is 2.03. The van der Waals surface area contributed by atoms with Crippen LogP contribution in [0.1, 0.15) is 11.3 Å². The molecule has 0 aliphatic heterocycles. The van der Waals surface area contributed by atoms with Crippen molar-refractivity contribution in [2.45, 2.75) is 12.6 Å². The van der Waals surface area contributed by atoms with Crippen molar-refractivity contribution in [1.29, 1.82) is 0 Å². The molecule has 0 amide bonds. The van der Waals surface area contributed by atoms with Crippen molar-refractivity contribution in [3.63, 3.8) is 0 Å². The minimum Gasteiger partial charge on any atom is -0.261 e. The summed E-state index contributed by atoms with van der Waals surface area (Å²) < 4.78 is 36.1. The van der Waals surface area contributed by atoms with Crippen LogP contribution in [0.15, 0.2) is 18.3 Å². The normalized spacial score (nSPS) is 11.7. The molecule has 4 heteroatoms. The zero-order chi connectivity index (χ0) is 9.19. The highest BCUT2D eigenvalue weighted by molar-refractivity contribution is 5.19. The average molecular weight is 173 g/mol. The molecule has 1 nitrogen and oxygen atoms in total. The Morgan fingerprint density at radius 1 is 1.42 bits per heavy atom. The number of hydrogen-bond acceptors (Lipinski definition) is 1. The van der Waals surface area contributed by atoms with E-state index in [1.165, 1.54) is 0 Å². The molecule has 12 heavy (non-hydrogen) atoms. The van der Waals surface area contributed by atoms with E-state index in [2.05, 4.69) is 4.98 Å². The second-order valence-electron chi connectivity index (χ2n) is 2.24. The Labute approximate surface area is 68.2 Å². The predicted octanol–water partition coefficient (Wildman–Crippen LogP) is 2.35. The van der Waals surface area contributed by atoms with Gasteiger partial charge in [-0.1, -0.05) is 0 Å². The van der Waals surface area contributed by atoms with Gasteiger partial charge in [0.25, 0.3) is 0 Å². The quantitative estimate of drug-likeness (QED) is 0.635. The summed E-state index contributed by atoms with van der Waals surface area (Å²) in [4.78, 5) is 3.65. The molecule has 1 heterocycles. The van der Waals surface area contributed by atoms with E-state index in [1.54, 1.807) is 0 Å². The summed E-state index contributed by atoms with van der Waals surface area (Å²) >= 11 is 0. The van der Waals surface area contributed by atoms with Crippen LogP contribution in [-0.2, 0) is 12.6 Å². The third kappa shape index (κ3) is 1.96. The lowest BCUT2D eigenvalue weighted by atomic mass is 10.2. The third-order valence-corrected chi connectivity index (χ3v) is 1.35. The Morgan fingerprint density at radius 3 is 2.58 bits per heavy atom. The van der Waals surface area contributed by atoms with E-state index in [4.69, 9.17) is 6.92 Å². The molecule has 0 aliphatic rings. The first-order valence-corrected chi connectivity index (χ1v) is 3.26. The number of rotatable bonds is 1. The smallest absolute Gasteiger partial charge is 0.261 e. The van der Waals surface area contributed by atoms with E-state index in [0.29, 0.717) is 0 Å². The summed E-state index contributed by atoms with van der Waals surface area (Å²) in [6, 6.07) is 1.86. The van der Waals surface area contributed by atoms with E-state index in [9.17, 15) is 13.2 Å². The van der Waals surface area contributed by atoms with Crippen molar-refractivity contribution in [3.8, 4) is 0 Å². The van der Waals surface area contributed by atoms with Gasteiger partial charge in [0.05, 0.1) is 5.56 Å². The van der Waals surface area contributed by atoms with Crippen LogP contribution >= 0.6 is 0 Å². The fourth-order valence-corrected chi connectivity index (χ4v) is 0.766. The zero-order valence-electron chi connectivity index (χ0n) is 6.10. The van der Waals surface area contributed by atoms with Gasteiger partial charge < -0.3 is 0 Å². The molecule has 0 bridgehead atoms. The summed E-state index contributed by atoms with van der Waals surface area (Å²) in [6.45, 7) is 5.13. The second kappa shape index (κ2) is 3.13. The molecule has 0 spiro atoms. The second-order valence-corrected chi connectivity index (χ2v) is 2.24. The van der Waals surface area contributed by atoms with E-state index in [-0.39, 0.29) is 12.1 Å². The standard InChI is InChI=1S/C8H6F3N/c1-2-7-5-6(3-4-12-7)8(9,10)11/h1,3-5H,2H2. The molecule has 0 atom stereocenters. The SMILES string of the molecule is [CH]Cc1cc(C(F)(F)F)ccn1. The highest BCUT2D eigenvalue weighted by Crippen LogP contribution is 2.28. The summed E-state index contributed by atoms with van der Waals surface area (Å²) in [5, 5.41) is 0. The minimum atomic E-state index is -4.31. The van der Waals surface area contributed by atoms with Crippen molar-refractivity contribution in [2.75, 3.05) is 0 Å². The molecule has 0 aromatic carbocycles. The molecule has 1 rings (SSSR count). The molecule has 0 saturated carbocycles. The summed E-state index contributed by atoms with van der Waals surface area (Å²) in [7, 11) is 0. The van der Waals surface area contributed by atoms with Gasteiger partial charge in [-0.05, 0) is 25.5 Å². The Kier molecular flexibility index (Phi) is 2.35. The van der Waals surface area contributed by atoms with Crippen molar-refractivity contribution in [2.24, 2.45) is 0 Å². The first-order valence-electron chi connectivity index (χ1n) is 3.26. The van der Waals surface area contributed by atoms with Gasteiger partial charge in [0.15, 0.2) is 0 Å².